The first-order valence-electron chi connectivity index (χ1n) is 6.27. The van der Waals surface area contributed by atoms with Gasteiger partial charge in [0.15, 0.2) is 0 Å². The van der Waals surface area contributed by atoms with Gasteiger partial charge in [-0.05, 0) is 30.7 Å². The van der Waals surface area contributed by atoms with Gasteiger partial charge in [0.2, 0.25) is 5.91 Å². The summed E-state index contributed by atoms with van der Waals surface area (Å²) < 4.78 is 39.6. The van der Waals surface area contributed by atoms with Crippen LogP contribution in [-0.2, 0) is 4.79 Å². The van der Waals surface area contributed by atoms with Gasteiger partial charge < -0.3 is 15.4 Å². The van der Waals surface area contributed by atoms with Gasteiger partial charge in [0.25, 0.3) is 0 Å². The van der Waals surface area contributed by atoms with Crippen LogP contribution in [0.3, 0.4) is 0 Å². The maximum absolute atomic E-state index is 12.0. The Balaban J connectivity index is 2.36. The van der Waals surface area contributed by atoms with Gasteiger partial charge in [-0.2, -0.15) is 0 Å². The minimum Gasteiger partial charge on any atom is -0.406 e. The van der Waals surface area contributed by atoms with Crippen LogP contribution in [0.15, 0.2) is 24.3 Å². The number of hydrogen-bond donors (Lipinski definition) is 2. The summed E-state index contributed by atoms with van der Waals surface area (Å²) in [5.74, 6) is -0.454. The molecule has 0 unspecified atom stereocenters. The van der Waals surface area contributed by atoms with Crippen LogP contribution < -0.4 is 15.4 Å². The number of ether oxygens (including phenoxy) is 1. The third kappa shape index (κ3) is 6.86. The first-order chi connectivity index (χ1) is 9.40. The fraction of sp³-hybridized carbons (Fsp3) is 0.462. The lowest BCUT2D eigenvalue weighted by molar-refractivity contribution is -0.274. The van der Waals surface area contributed by atoms with Gasteiger partial charge in [-0.1, -0.05) is 13.3 Å². The Kier molecular flexibility index (Phi) is 6.14. The number of anilines is 1. The van der Waals surface area contributed by atoms with Crippen molar-refractivity contribution in [2.75, 3.05) is 18.4 Å². The third-order valence-electron chi connectivity index (χ3n) is 2.39. The van der Waals surface area contributed by atoms with E-state index >= 15 is 0 Å². The summed E-state index contributed by atoms with van der Waals surface area (Å²) in [4.78, 5) is 11.4. The Morgan fingerprint density at radius 2 is 1.90 bits per heavy atom. The molecular formula is C13H17F3N2O2. The SMILES string of the molecule is CCCCNC(=O)CNc1ccc(OC(F)(F)F)cc1. The summed E-state index contributed by atoms with van der Waals surface area (Å²) >= 11 is 0. The Hall–Kier alpha value is -1.92. The van der Waals surface area contributed by atoms with Crippen molar-refractivity contribution in [2.24, 2.45) is 0 Å². The Bertz CT molecular complexity index is 419. The standard InChI is InChI=1S/C13H17F3N2O2/c1-2-3-8-17-12(19)9-18-10-4-6-11(7-5-10)20-13(14,15)16/h4-7,18H,2-3,8-9H2,1H3,(H,17,19). The van der Waals surface area contributed by atoms with Crippen LogP contribution in [0.4, 0.5) is 18.9 Å². The van der Waals surface area contributed by atoms with Crippen molar-refractivity contribution in [3.8, 4) is 5.75 Å². The molecule has 2 N–H and O–H groups in total. The van der Waals surface area contributed by atoms with Crippen LogP contribution in [0, 0.1) is 0 Å². The molecule has 0 aliphatic carbocycles. The van der Waals surface area contributed by atoms with Crippen molar-refractivity contribution in [3.05, 3.63) is 24.3 Å². The van der Waals surface area contributed by atoms with Gasteiger partial charge in [0, 0.05) is 12.2 Å². The molecule has 1 amide bonds. The van der Waals surface area contributed by atoms with Crippen molar-refractivity contribution < 1.29 is 22.7 Å². The van der Waals surface area contributed by atoms with E-state index in [2.05, 4.69) is 15.4 Å². The van der Waals surface area contributed by atoms with Crippen molar-refractivity contribution in [3.63, 3.8) is 0 Å². The minimum atomic E-state index is -4.70. The second kappa shape index (κ2) is 7.62. The Morgan fingerprint density at radius 1 is 1.25 bits per heavy atom. The lowest BCUT2D eigenvalue weighted by Crippen LogP contribution is -2.30. The first kappa shape index (κ1) is 16.1. The highest BCUT2D eigenvalue weighted by molar-refractivity contribution is 5.80. The fourth-order valence-corrected chi connectivity index (χ4v) is 1.42. The molecule has 1 rings (SSSR count). The van der Waals surface area contributed by atoms with Crippen LogP contribution >= 0.6 is 0 Å². The van der Waals surface area contributed by atoms with Crippen molar-refractivity contribution in [1.82, 2.24) is 5.32 Å². The molecule has 7 heteroatoms. The number of rotatable bonds is 7. The molecule has 0 saturated heterocycles. The monoisotopic (exact) mass is 290 g/mol. The Labute approximate surface area is 115 Å². The highest BCUT2D eigenvalue weighted by atomic mass is 19.4. The summed E-state index contributed by atoms with van der Waals surface area (Å²) in [7, 11) is 0. The second-order valence-corrected chi connectivity index (χ2v) is 4.13. The average Bonchev–Trinajstić information content (AvgIpc) is 2.36. The molecule has 0 aliphatic rings. The highest BCUT2D eigenvalue weighted by Gasteiger charge is 2.30. The minimum absolute atomic E-state index is 0.0726. The maximum Gasteiger partial charge on any atom is 0.573 e. The van der Waals surface area contributed by atoms with Crippen molar-refractivity contribution in [2.45, 2.75) is 26.1 Å². The molecule has 0 radical (unpaired) electrons. The van der Waals surface area contributed by atoms with Gasteiger partial charge in [0.1, 0.15) is 5.75 Å². The van der Waals surface area contributed by atoms with Gasteiger partial charge in [0.05, 0.1) is 6.54 Å². The molecule has 0 fully saturated rings. The fourth-order valence-electron chi connectivity index (χ4n) is 1.42. The number of alkyl halides is 3. The zero-order chi connectivity index (χ0) is 15.0. The predicted molar refractivity (Wildman–Crippen MR) is 69.5 cm³/mol. The smallest absolute Gasteiger partial charge is 0.406 e. The summed E-state index contributed by atoms with van der Waals surface area (Å²) in [5.41, 5.74) is 0.546. The van der Waals surface area contributed by atoms with Gasteiger partial charge in [-0.15, -0.1) is 13.2 Å². The zero-order valence-corrected chi connectivity index (χ0v) is 11.1. The summed E-state index contributed by atoms with van der Waals surface area (Å²) in [6, 6.07) is 5.20. The second-order valence-electron chi connectivity index (χ2n) is 4.13. The first-order valence-corrected chi connectivity index (χ1v) is 6.27. The zero-order valence-electron chi connectivity index (χ0n) is 11.1. The molecule has 0 saturated carbocycles. The lowest BCUT2D eigenvalue weighted by Gasteiger charge is -2.10. The number of amides is 1. The van der Waals surface area contributed by atoms with Crippen LogP contribution in [-0.4, -0.2) is 25.4 Å². The molecule has 0 aromatic heterocycles. The number of nitrogens with one attached hydrogen (secondary N) is 2. The van der Waals surface area contributed by atoms with Gasteiger partial charge in [-0.3, -0.25) is 4.79 Å². The molecule has 0 spiro atoms. The quantitative estimate of drug-likeness (QED) is 0.759. The molecular weight excluding hydrogens is 273 g/mol. The van der Waals surface area contributed by atoms with Crippen LogP contribution in [0.1, 0.15) is 19.8 Å². The van der Waals surface area contributed by atoms with E-state index in [1.807, 2.05) is 6.92 Å². The molecule has 4 nitrogen and oxygen atoms in total. The molecule has 0 atom stereocenters. The topological polar surface area (TPSA) is 50.4 Å². The van der Waals surface area contributed by atoms with E-state index in [1.54, 1.807) is 0 Å². The summed E-state index contributed by atoms with van der Waals surface area (Å²) in [5, 5.41) is 5.53. The van der Waals surface area contributed by atoms with Gasteiger partial charge in [-0.25, -0.2) is 0 Å². The molecule has 0 heterocycles. The van der Waals surface area contributed by atoms with E-state index in [0.29, 0.717) is 12.2 Å². The van der Waals surface area contributed by atoms with E-state index < -0.39 is 6.36 Å². The van der Waals surface area contributed by atoms with Crippen molar-refractivity contribution in [1.29, 1.82) is 0 Å². The highest BCUT2D eigenvalue weighted by Crippen LogP contribution is 2.23. The van der Waals surface area contributed by atoms with E-state index in [0.717, 1.165) is 12.8 Å². The van der Waals surface area contributed by atoms with Crippen LogP contribution in [0.5, 0.6) is 5.75 Å². The maximum atomic E-state index is 12.0. The number of hydrogen-bond acceptors (Lipinski definition) is 3. The summed E-state index contributed by atoms with van der Waals surface area (Å²) in [6.45, 7) is 2.72. The molecule has 1 aromatic rings. The van der Waals surface area contributed by atoms with Crippen LogP contribution in [0.2, 0.25) is 0 Å². The number of benzene rings is 1. The lowest BCUT2D eigenvalue weighted by atomic mass is 10.3. The van der Waals surface area contributed by atoms with Gasteiger partial charge >= 0.3 is 6.36 Å². The number of halogens is 3. The van der Waals surface area contributed by atoms with E-state index in [-0.39, 0.29) is 18.2 Å². The van der Waals surface area contributed by atoms with E-state index in [4.69, 9.17) is 0 Å². The average molecular weight is 290 g/mol. The molecule has 1 aromatic carbocycles. The predicted octanol–water partition coefficient (Wildman–Crippen LogP) is 2.91. The van der Waals surface area contributed by atoms with E-state index in [1.165, 1.54) is 24.3 Å². The molecule has 20 heavy (non-hydrogen) atoms. The normalized spacial score (nSPS) is 11.0. The molecule has 0 aliphatic heterocycles. The van der Waals surface area contributed by atoms with E-state index in [9.17, 15) is 18.0 Å². The van der Waals surface area contributed by atoms with Crippen LogP contribution in [0.25, 0.3) is 0 Å². The van der Waals surface area contributed by atoms with Crippen molar-refractivity contribution >= 4 is 11.6 Å². The molecule has 0 bridgehead atoms. The largest absolute Gasteiger partial charge is 0.573 e. The molecule has 112 valence electrons. The number of carbonyl (C=O) groups is 1. The number of carbonyl (C=O) groups excluding carboxylic acids is 1. The Morgan fingerprint density at radius 3 is 2.45 bits per heavy atom. The third-order valence-corrected chi connectivity index (χ3v) is 2.39. The number of unbranched alkanes of at least 4 members (excludes halogenated alkanes) is 1. The summed E-state index contributed by atoms with van der Waals surface area (Å²) in [6.07, 6.45) is -2.79.